The number of carbonyl (C=O) groups is 1. The maximum absolute atomic E-state index is 11.4. The van der Waals surface area contributed by atoms with Gasteiger partial charge in [0.05, 0.1) is 18.1 Å². The molecule has 0 aliphatic heterocycles. The molecular formula is C11H12N2O4. The molecule has 1 aromatic rings. The zero-order chi connectivity index (χ0) is 13.0. The largest absolute Gasteiger partial charge is 0.496 e. The van der Waals surface area contributed by atoms with Crippen LogP contribution < -0.4 is 9.64 Å². The minimum Gasteiger partial charge on any atom is -0.496 e. The lowest BCUT2D eigenvalue weighted by Gasteiger charge is -2.15. The Morgan fingerprint density at radius 1 is 1.59 bits per heavy atom. The standard InChI is InChI=1S/C11H12N2O4/c1-4-11(14)12(2)9-6-5-8(17-3)7-10(9)13(15)16/h4-7H,1H2,2-3H3. The predicted molar refractivity (Wildman–Crippen MR) is 63.3 cm³/mol. The maximum atomic E-state index is 11.4. The first kappa shape index (κ1) is 12.7. The monoisotopic (exact) mass is 236 g/mol. The number of likely N-dealkylation sites (N-methyl/N-ethyl adjacent to an activating group) is 1. The Hall–Kier alpha value is -2.37. The van der Waals surface area contributed by atoms with Crippen LogP contribution in [0.5, 0.6) is 5.75 Å². The van der Waals surface area contributed by atoms with Crippen molar-refractivity contribution >= 4 is 17.3 Å². The van der Waals surface area contributed by atoms with Gasteiger partial charge in [0.15, 0.2) is 0 Å². The van der Waals surface area contributed by atoms with Crippen LogP contribution in [0.1, 0.15) is 0 Å². The highest BCUT2D eigenvalue weighted by atomic mass is 16.6. The highest BCUT2D eigenvalue weighted by Crippen LogP contribution is 2.31. The zero-order valence-corrected chi connectivity index (χ0v) is 9.54. The molecule has 0 bridgehead atoms. The third-order valence-electron chi connectivity index (χ3n) is 2.25. The first-order valence-electron chi connectivity index (χ1n) is 4.73. The molecule has 90 valence electrons. The highest BCUT2D eigenvalue weighted by molar-refractivity contribution is 6.02. The first-order valence-corrected chi connectivity index (χ1v) is 4.73. The predicted octanol–water partition coefficient (Wildman–Crippen LogP) is 1.75. The van der Waals surface area contributed by atoms with E-state index in [0.29, 0.717) is 5.75 Å². The molecule has 0 heterocycles. The molecular weight excluding hydrogens is 224 g/mol. The minimum atomic E-state index is -0.565. The number of methoxy groups -OCH3 is 1. The molecule has 0 N–H and O–H groups in total. The van der Waals surface area contributed by atoms with Gasteiger partial charge >= 0.3 is 0 Å². The number of nitro benzene ring substituents is 1. The van der Waals surface area contributed by atoms with Gasteiger partial charge in [0, 0.05) is 7.05 Å². The van der Waals surface area contributed by atoms with Gasteiger partial charge in [-0.25, -0.2) is 0 Å². The van der Waals surface area contributed by atoms with Crippen molar-refractivity contribution in [3.05, 3.63) is 41.0 Å². The average Bonchev–Trinajstić information content (AvgIpc) is 2.35. The van der Waals surface area contributed by atoms with Crippen molar-refractivity contribution in [3.8, 4) is 5.75 Å². The van der Waals surface area contributed by atoms with E-state index in [0.717, 1.165) is 11.0 Å². The van der Waals surface area contributed by atoms with E-state index in [4.69, 9.17) is 4.74 Å². The summed E-state index contributed by atoms with van der Waals surface area (Å²) in [5, 5.41) is 10.9. The van der Waals surface area contributed by atoms with E-state index in [-0.39, 0.29) is 11.4 Å². The third-order valence-corrected chi connectivity index (χ3v) is 2.25. The summed E-state index contributed by atoms with van der Waals surface area (Å²) in [5.41, 5.74) is 0.00255. The number of benzene rings is 1. The fraction of sp³-hybridized carbons (Fsp3) is 0.182. The molecule has 0 saturated heterocycles. The van der Waals surface area contributed by atoms with Crippen LogP contribution in [0.25, 0.3) is 0 Å². The molecule has 17 heavy (non-hydrogen) atoms. The molecule has 1 amide bonds. The van der Waals surface area contributed by atoms with Crippen LogP contribution in [0.2, 0.25) is 0 Å². The molecule has 0 aliphatic rings. The number of hydrogen-bond acceptors (Lipinski definition) is 4. The van der Waals surface area contributed by atoms with Crippen LogP contribution in [0, 0.1) is 10.1 Å². The summed E-state index contributed by atoms with van der Waals surface area (Å²) in [6.07, 6.45) is 1.09. The van der Waals surface area contributed by atoms with Crippen LogP contribution in [0.3, 0.4) is 0 Å². The van der Waals surface area contributed by atoms with Crippen LogP contribution in [-0.4, -0.2) is 25.0 Å². The van der Waals surface area contributed by atoms with E-state index in [1.54, 1.807) is 6.07 Å². The van der Waals surface area contributed by atoms with E-state index < -0.39 is 10.8 Å². The SMILES string of the molecule is C=CC(=O)N(C)c1ccc(OC)cc1[N+](=O)[O-]. The Kier molecular flexibility index (Phi) is 3.82. The first-order chi connectivity index (χ1) is 8.01. The molecule has 0 fully saturated rings. The minimum absolute atomic E-state index is 0.193. The Bertz CT molecular complexity index is 471. The van der Waals surface area contributed by atoms with Crippen molar-refractivity contribution in [1.29, 1.82) is 0 Å². The van der Waals surface area contributed by atoms with E-state index in [9.17, 15) is 14.9 Å². The molecule has 0 radical (unpaired) electrons. The molecule has 0 aromatic heterocycles. The van der Waals surface area contributed by atoms with Gasteiger partial charge < -0.3 is 9.64 Å². The van der Waals surface area contributed by atoms with Gasteiger partial charge in [-0.2, -0.15) is 0 Å². The molecule has 0 aliphatic carbocycles. The zero-order valence-electron chi connectivity index (χ0n) is 9.54. The number of hydrogen-bond donors (Lipinski definition) is 0. The molecule has 0 unspecified atom stereocenters. The lowest BCUT2D eigenvalue weighted by Crippen LogP contribution is -2.24. The smallest absolute Gasteiger partial charge is 0.296 e. The average molecular weight is 236 g/mol. The fourth-order valence-corrected chi connectivity index (χ4v) is 1.32. The van der Waals surface area contributed by atoms with Crippen LogP contribution in [0.15, 0.2) is 30.9 Å². The lowest BCUT2D eigenvalue weighted by molar-refractivity contribution is -0.384. The van der Waals surface area contributed by atoms with Gasteiger partial charge in [-0.3, -0.25) is 14.9 Å². The summed E-state index contributed by atoms with van der Waals surface area (Å²) in [7, 11) is 2.86. The van der Waals surface area contributed by atoms with Crippen molar-refractivity contribution in [1.82, 2.24) is 0 Å². The Balaban J connectivity index is 3.28. The summed E-state index contributed by atoms with van der Waals surface area (Å²) in [4.78, 5) is 22.9. The summed E-state index contributed by atoms with van der Waals surface area (Å²) in [6.45, 7) is 3.33. The van der Waals surface area contributed by atoms with Crippen molar-refractivity contribution in [3.63, 3.8) is 0 Å². The molecule has 0 spiro atoms. The highest BCUT2D eigenvalue weighted by Gasteiger charge is 2.20. The van der Waals surface area contributed by atoms with Gasteiger partial charge in [-0.1, -0.05) is 6.58 Å². The number of amides is 1. The van der Waals surface area contributed by atoms with Crippen LogP contribution in [-0.2, 0) is 4.79 Å². The fourth-order valence-electron chi connectivity index (χ4n) is 1.32. The number of anilines is 1. The third kappa shape index (κ3) is 2.60. The number of carbonyl (C=O) groups excluding carboxylic acids is 1. The van der Waals surface area contributed by atoms with Crippen molar-refractivity contribution in [2.45, 2.75) is 0 Å². The van der Waals surface area contributed by atoms with Crippen LogP contribution in [0.4, 0.5) is 11.4 Å². The topological polar surface area (TPSA) is 72.7 Å². The van der Waals surface area contributed by atoms with E-state index in [2.05, 4.69) is 6.58 Å². The van der Waals surface area contributed by atoms with Gasteiger partial charge in [0.1, 0.15) is 11.4 Å². The van der Waals surface area contributed by atoms with Gasteiger partial charge in [-0.05, 0) is 18.2 Å². The maximum Gasteiger partial charge on any atom is 0.296 e. The van der Waals surface area contributed by atoms with E-state index in [1.165, 1.54) is 26.3 Å². The number of rotatable bonds is 4. The van der Waals surface area contributed by atoms with Gasteiger partial charge in [0.25, 0.3) is 5.69 Å². The second kappa shape index (κ2) is 5.11. The summed E-state index contributed by atoms with van der Waals surface area (Å²) < 4.78 is 4.90. The summed E-state index contributed by atoms with van der Waals surface area (Å²) in [6, 6.07) is 4.27. The summed E-state index contributed by atoms with van der Waals surface area (Å²) in [5.74, 6) is -0.0573. The van der Waals surface area contributed by atoms with Gasteiger partial charge in [0.2, 0.25) is 5.91 Å². The molecule has 1 aromatic carbocycles. The van der Waals surface area contributed by atoms with Crippen molar-refractivity contribution in [2.24, 2.45) is 0 Å². The van der Waals surface area contributed by atoms with Crippen molar-refractivity contribution < 1.29 is 14.5 Å². The summed E-state index contributed by atoms with van der Waals surface area (Å²) >= 11 is 0. The number of nitrogens with zero attached hydrogens (tertiary/aromatic N) is 2. The second-order valence-corrected chi connectivity index (χ2v) is 3.21. The molecule has 6 nitrogen and oxygen atoms in total. The second-order valence-electron chi connectivity index (χ2n) is 3.21. The number of nitro groups is 1. The van der Waals surface area contributed by atoms with Crippen molar-refractivity contribution in [2.75, 3.05) is 19.1 Å². The van der Waals surface area contributed by atoms with E-state index in [1.807, 2.05) is 0 Å². The molecule has 1 rings (SSSR count). The quantitative estimate of drug-likeness (QED) is 0.453. The van der Waals surface area contributed by atoms with Crippen LogP contribution >= 0.6 is 0 Å². The normalized spacial score (nSPS) is 9.53. The molecule has 6 heteroatoms. The molecule has 0 atom stereocenters. The number of ether oxygens (including phenoxy) is 1. The Morgan fingerprint density at radius 2 is 2.24 bits per heavy atom. The van der Waals surface area contributed by atoms with E-state index >= 15 is 0 Å². The van der Waals surface area contributed by atoms with Gasteiger partial charge in [-0.15, -0.1) is 0 Å². The molecule has 0 saturated carbocycles. The Labute approximate surface area is 98.3 Å². The lowest BCUT2D eigenvalue weighted by atomic mass is 10.2. The Morgan fingerprint density at radius 3 is 2.71 bits per heavy atom.